The molecule has 1 saturated heterocycles. The lowest BCUT2D eigenvalue weighted by Gasteiger charge is -2.43. The fourth-order valence-corrected chi connectivity index (χ4v) is 7.42. The number of benzene rings is 1. The van der Waals surface area contributed by atoms with Gasteiger partial charge in [-0.05, 0) is 73.9 Å². The maximum Gasteiger partial charge on any atom is 0.253 e. The van der Waals surface area contributed by atoms with Gasteiger partial charge in [0.2, 0.25) is 11.8 Å². The molecule has 1 aliphatic carbocycles. The summed E-state index contributed by atoms with van der Waals surface area (Å²) in [6, 6.07) is 6.44. The number of aromatic nitrogens is 2. The number of carbonyl (C=O) groups is 3. The molecule has 3 aliphatic heterocycles. The van der Waals surface area contributed by atoms with E-state index < -0.39 is 41.0 Å². The van der Waals surface area contributed by atoms with Gasteiger partial charge in [-0.3, -0.25) is 19.4 Å². The lowest BCUT2D eigenvalue weighted by atomic mass is 9.79. The monoisotopic (exact) mass is 627 g/mol. The molecule has 1 fully saturated rings. The van der Waals surface area contributed by atoms with E-state index in [1.165, 1.54) is 12.3 Å². The number of anilines is 1. The zero-order chi connectivity index (χ0) is 32.0. The molecule has 3 aromatic rings. The molecule has 2 aromatic heterocycles. The minimum atomic E-state index is -0.948. The fourth-order valence-electron chi connectivity index (χ4n) is 7.42. The number of nitrogens with one attached hydrogen (secondary N) is 2. The average Bonchev–Trinajstić information content (AvgIpc) is 3.56. The predicted octanol–water partition coefficient (Wildman–Crippen LogP) is 4.46. The maximum absolute atomic E-state index is 15.0. The Balaban J connectivity index is 1.21. The van der Waals surface area contributed by atoms with Gasteiger partial charge in [0.25, 0.3) is 5.91 Å². The van der Waals surface area contributed by atoms with Gasteiger partial charge < -0.3 is 20.3 Å². The number of fused-ring (bicyclic) bond motifs is 4. The van der Waals surface area contributed by atoms with Crippen molar-refractivity contribution < 1.29 is 27.9 Å². The van der Waals surface area contributed by atoms with Crippen LogP contribution in [0.1, 0.15) is 76.8 Å². The van der Waals surface area contributed by atoms with Crippen LogP contribution in [0.4, 0.5) is 14.6 Å². The first-order valence-corrected chi connectivity index (χ1v) is 15.8. The average molecular weight is 628 g/mol. The summed E-state index contributed by atoms with van der Waals surface area (Å²) in [5, 5.41) is 5.80. The second-order valence-corrected chi connectivity index (χ2v) is 12.7. The number of carbonyl (C=O) groups excluding carboxylic acids is 3. The first-order valence-electron chi connectivity index (χ1n) is 15.8. The Bertz CT molecular complexity index is 1760. The molecule has 3 amide bonds. The Morgan fingerprint density at radius 2 is 1.91 bits per heavy atom. The van der Waals surface area contributed by atoms with Crippen molar-refractivity contribution in [3.63, 3.8) is 0 Å². The van der Waals surface area contributed by atoms with Crippen molar-refractivity contribution in [2.75, 3.05) is 25.1 Å². The zero-order valence-electron chi connectivity index (χ0n) is 25.5. The SMILES string of the molecule is CC1C(c2cccc(F)c2F)CC2NC(=O)c3cnc4c(c3)C[C@@]3(C4)C(=O)Nc4ncc(cc43)/C=C/COCCCCCN1C2=O. The van der Waals surface area contributed by atoms with E-state index in [4.69, 9.17) is 4.74 Å². The quantitative estimate of drug-likeness (QED) is 0.412. The number of ether oxygens (including phenoxy) is 1. The van der Waals surface area contributed by atoms with Crippen molar-refractivity contribution in [1.82, 2.24) is 20.2 Å². The van der Waals surface area contributed by atoms with E-state index in [9.17, 15) is 18.8 Å². The number of amides is 3. The Morgan fingerprint density at radius 1 is 1.04 bits per heavy atom. The van der Waals surface area contributed by atoms with Gasteiger partial charge in [-0.25, -0.2) is 13.8 Å². The highest BCUT2D eigenvalue weighted by Gasteiger charge is 2.52. The molecule has 1 aromatic carbocycles. The molecule has 7 bridgehead atoms. The summed E-state index contributed by atoms with van der Waals surface area (Å²) >= 11 is 0. The van der Waals surface area contributed by atoms with Crippen molar-refractivity contribution in [2.45, 2.75) is 68.9 Å². The van der Waals surface area contributed by atoms with E-state index in [1.54, 1.807) is 23.2 Å². The number of rotatable bonds is 1. The van der Waals surface area contributed by atoms with Gasteiger partial charge in [-0.2, -0.15) is 0 Å². The van der Waals surface area contributed by atoms with Crippen LogP contribution >= 0.6 is 0 Å². The van der Waals surface area contributed by atoms with E-state index in [0.717, 1.165) is 41.3 Å². The van der Waals surface area contributed by atoms with E-state index in [1.807, 2.05) is 25.1 Å². The largest absolute Gasteiger partial charge is 0.377 e. The fraction of sp³-hybridized carbons (Fsp3) is 0.400. The molecule has 3 unspecified atom stereocenters. The zero-order valence-corrected chi connectivity index (χ0v) is 25.5. The van der Waals surface area contributed by atoms with Crippen molar-refractivity contribution in [3.05, 3.63) is 93.9 Å². The van der Waals surface area contributed by atoms with E-state index in [-0.39, 0.29) is 29.4 Å². The Morgan fingerprint density at radius 3 is 2.78 bits per heavy atom. The van der Waals surface area contributed by atoms with Crippen LogP contribution in [0, 0.1) is 11.6 Å². The van der Waals surface area contributed by atoms with E-state index in [2.05, 4.69) is 20.6 Å². The number of hydrogen-bond donors (Lipinski definition) is 2. The van der Waals surface area contributed by atoms with Crippen molar-refractivity contribution in [2.24, 2.45) is 0 Å². The highest BCUT2D eigenvalue weighted by atomic mass is 19.2. The summed E-state index contributed by atoms with van der Waals surface area (Å²) in [5.41, 5.74) is 2.72. The van der Waals surface area contributed by atoms with Gasteiger partial charge in [-0.15, -0.1) is 0 Å². The molecular weight excluding hydrogens is 592 g/mol. The van der Waals surface area contributed by atoms with Crippen LogP contribution in [0.25, 0.3) is 6.08 Å². The second-order valence-electron chi connectivity index (χ2n) is 12.7. The topological polar surface area (TPSA) is 114 Å². The first-order chi connectivity index (χ1) is 22.2. The molecule has 0 radical (unpaired) electrons. The summed E-state index contributed by atoms with van der Waals surface area (Å²) in [4.78, 5) is 51.6. The Hall–Kier alpha value is -4.51. The summed E-state index contributed by atoms with van der Waals surface area (Å²) in [7, 11) is 0. The summed E-state index contributed by atoms with van der Waals surface area (Å²) in [6.45, 7) is 3.22. The molecule has 7 rings (SSSR count). The van der Waals surface area contributed by atoms with Crippen LogP contribution in [-0.2, 0) is 32.6 Å². The first kappa shape index (κ1) is 30.2. The second kappa shape index (κ2) is 12.0. The smallest absolute Gasteiger partial charge is 0.253 e. The molecule has 5 heterocycles. The highest BCUT2D eigenvalue weighted by Crippen LogP contribution is 2.46. The van der Waals surface area contributed by atoms with Crippen LogP contribution in [0.15, 0.2) is 48.8 Å². The predicted molar refractivity (Wildman–Crippen MR) is 166 cm³/mol. The van der Waals surface area contributed by atoms with Gasteiger partial charge in [-0.1, -0.05) is 24.3 Å². The lowest BCUT2D eigenvalue weighted by molar-refractivity contribution is -0.139. The summed E-state index contributed by atoms with van der Waals surface area (Å²) < 4.78 is 35.1. The highest BCUT2D eigenvalue weighted by molar-refractivity contribution is 6.06. The normalized spacial score (nSPS) is 27.1. The van der Waals surface area contributed by atoms with Crippen LogP contribution in [0.5, 0.6) is 0 Å². The maximum atomic E-state index is 15.0. The summed E-state index contributed by atoms with van der Waals surface area (Å²) in [5.74, 6) is -2.80. The minimum absolute atomic E-state index is 0.123. The van der Waals surface area contributed by atoms with Crippen LogP contribution in [-0.4, -0.2) is 64.4 Å². The molecule has 9 nitrogen and oxygen atoms in total. The minimum Gasteiger partial charge on any atom is -0.377 e. The van der Waals surface area contributed by atoms with Crippen LogP contribution < -0.4 is 10.6 Å². The molecule has 46 heavy (non-hydrogen) atoms. The van der Waals surface area contributed by atoms with Crippen LogP contribution in [0.3, 0.4) is 0 Å². The number of pyridine rings is 2. The molecule has 11 heteroatoms. The number of piperidine rings is 1. The number of hydrogen-bond acceptors (Lipinski definition) is 6. The van der Waals surface area contributed by atoms with Crippen LogP contribution in [0.2, 0.25) is 0 Å². The van der Waals surface area contributed by atoms with Gasteiger partial charge >= 0.3 is 0 Å². The van der Waals surface area contributed by atoms with Crippen molar-refractivity contribution >= 4 is 29.6 Å². The number of nitrogens with zero attached hydrogens (tertiary/aromatic N) is 3. The molecular formula is C35H35F2N5O4. The van der Waals surface area contributed by atoms with Gasteiger partial charge in [0.1, 0.15) is 11.9 Å². The molecule has 2 N–H and O–H groups in total. The molecule has 1 spiro atoms. The lowest BCUT2D eigenvalue weighted by Crippen LogP contribution is -2.58. The van der Waals surface area contributed by atoms with Gasteiger partial charge in [0, 0.05) is 55.2 Å². The van der Waals surface area contributed by atoms with E-state index >= 15 is 4.39 Å². The molecule has 4 atom stereocenters. The van der Waals surface area contributed by atoms with E-state index in [0.29, 0.717) is 44.8 Å². The Kier molecular flexibility index (Phi) is 7.88. The third kappa shape index (κ3) is 5.26. The third-order valence-corrected chi connectivity index (χ3v) is 9.92. The third-order valence-electron chi connectivity index (χ3n) is 9.92. The number of halogens is 2. The molecule has 4 aliphatic rings. The van der Waals surface area contributed by atoms with Crippen molar-refractivity contribution in [3.8, 4) is 0 Å². The Labute approximate surface area is 265 Å². The summed E-state index contributed by atoms with van der Waals surface area (Å²) in [6.07, 6.45) is 10.2. The molecule has 0 saturated carbocycles. The van der Waals surface area contributed by atoms with Gasteiger partial charge in [0.05, 0.1) is 17.6 Å². The van der Waals surface area contributed by atoms with Crippen molar-refractivity contribution in [1.29, 1.82) is 0 Å². The molecule has 238 valence electrons. The standard InChI is InChI=1S/C35H35F2N5O4/c1-20-25(24-8-5-9-27(36)30(24)37)15-28-33(44)42(20)10-3-2-4-11-46-12-6-7-21-13-26-31(39-18-21)41-34(45)35(26)16-22-14-23(32(43)40-28)19-38-29(22)17-35/h5-9,13-14,18-20,25,28H,2-4,10-12,15-17H2,1H3,(H,40,43)(H,39,41,45)/b7-6+/t20?,25?,28?,35-/m0/s1. The van der Waals surface area contributed by atoms with Gasteiger partial charge in [0.15, 0.2) is 11.6 Å².